The lowest BCUT2D eigenvalue weighted by Gasteiger charge is -2.26. The smallest absolute Gasteiger partial charge is 0.255 e. The number of aldehydes is 1. The fourth-order valence-electron chi connectivity index (χ4n) is 4.12. The van der Waals surface area contributed by atoms with Gasteiger partial charge in [0.1, 0.15) is 23.8 Å². The Morgan fingerprint density at radius 2 is 2.00 bits per heavy atom. The van der Waals surface area contributed by atoms with Crippen molar-refractivity contribution in [3.05, 3.63) is 47.9 Å². The van der Waals surface area contributed by atoms with Crippen LogP contribution in [0.25, 0.3) is 16.9 Å². The first kappa shape index (κ1) is 21.5. The van der Waals surface area contributed by atoms with Crippen LogP contribution in [0.1, 0.15) is 55.5 Å². The summed E-state index contributed by atoms with van der Waals surface area (Å²) in [4.78, 5) is 32.9. The van der Waals surface area contributed by atoms with Gasteiger partial charge in [-0.2, -0.15) is 5.26 Å². The number of aromatic nitrogens is 3. The number of anilines is 1. The Balaban J connectivity index is 1.61. The standard InChI is InChI=1S/C24H26N6O2/c1-15(2)28-21-10-22(30-8-7-18-9-17(11-25)12-27-23(18)30)26-13-20(21)24(32)29-19-5-3-16(14-31)4-6-19/h7-10,12-16,19H,3-6H2,1-2H3,(H,26,28)(H,29,32). The highest BCUT2D eigenvalue weighted by Gasteiger charge is 2.24. The normalized spacial score (nSPS) is 18.3. The molecular formula is C24H26N6O2. The maximum absolute atomic E-state index is 13.0. The van der Waals surface area contributed by atoms with E-state index >= 15 is 0 Å². The van der Waals surface area contributed by atoms with Crippen molar-refractivity contribution in [2.24, 2.45) is 5.92 Å². The summed E-state index contributed by atoms with van der Waals surface area (Å²) < 4.78 is 1.84. The Hall–Kier alpha value is -3.73. The number of hydrogen-bond donors (Lipinski definition) is 2. The largest absolute Gasteiger partial charge is 0.382 e. The van der Waals surface area contributed by atoms with Gasteiger partial charge in [0.15, 0.2) is 0 Å². The highest BCUT2D eigenvalue weighted by atomic mass is 16.1. The van der Waals surface area contributed by atoms with Crippen molar-refractivity contribution >= 4 is 28.9 Å². The fraction of sp³-hybridized carbons (Fsp3) is 0.375. The molecule has 1 fully saturated rings. The molecule has 2 N–H and O–H groups in total. The summed E-state index contributed by atoms with van der Waals surface area (Å²) in [6, 6.07) is 7.80. The van der Waals surface area contributed by atoms with Gasteiger partial charge < -0.3 is 15.4 Å². The summed E-state index contributed by atoms with van der Waals surface area (Å²) in [7, 11) is 0. The number of fused-ring (bicyclic) bond motifs is 1. The van der Waals surface area contributed by atoms with E-state index in [1.165, 1.54) is 6.20 Å². The van der Waals surface area contributed by atoms with E-state index in [1.54, 1.807) is 12.3 Å². The molecule has 0 radical (unpaired) electrons. The lowest BCUT2D eigenvalue weighted by atomic mass is 9.87. The number of pyridine rings is 2. The first-order chi connectivity index (χ1) is 15.5. The molecule has 3 heterocycles. The van der Waals surface area contributed by atoms with E-state index in [4.69, 9.17) is 5.26 Å². The molecule has 0 aromatic carbocycles. The number of carbonyl (C=O) groups is 2. The topological polar surface area (TPSA) is 113 Å². The lowest BCUT2D eigenvalue weighted by Crippen LogP contribution is -2.38. The summed E-state index contributed by atoms with van der Waals surface area (Å²) in [5.74, 6) is 0.566. The first-order valence-electron chi connectivity index (χ1n) is 10.9. The molecule has 0 unspecified atom stereocenters. The van der Waals surface area contributed by atoms with E-state index in [2.05, 4.69) is 26.7 Å². The van der Waals surface area contributed by atoms with Gasteiger partial charge in [-0.1, -0.05) is 0 Å². The first-order valence-corrected chi connectivity index (χ1v) is 10.9. The Kier molecular flexibility index (Phi) is 6.17. The van der Waals surface area contributed by atoms with Gasteiger partial charge in [0.2, 0.25) is 0 Å². The van der Waals surface area contributed by atoms with Crippen LogP contribution in [0.3, 0.4) is 0 Å². The highest BCUT2D eigenvalue weighted by molar-refractivity contribution is 5.99. The van der Waals surface area contributed by atoms with Crippen LogP contribution in [-0.4, -0.2) is 38.8 Å². The Morgan fingerprint density at radius 3 is 2.69 bits per heavy atom. The van der Waals surface area contributed by atoms with Gasteiger partial charge in [-0.25, -0.2) is 9.97 Å². The molecule has 4 rings (SSSR count). The summed E-state index contributed by atoms with van der Waals surface area (Å²) in [6.45, 7) is 4.02. The third-order valence-corrected chi connectivity index (χ3v) is 5.78. The average Bonchev–Trinajstić information content (AvgIpc) is 3.22. The van der Waals surface area contributed by atoms with E-state index in [9.17, 15) is 9.59 Å². The molecule has 8 heteroatoms. The summed E-state index contributed by atoms with van der Waals surface area (Å²) in [5, 5.41) is 16.4. The van der Waals surface area contributed by atoms with Gasteiger partial charge >= 0.3 is 0 Å². The zero-order valence-electron chi connectivity index (χ0n) is 18.2. The summed E-state index contributed by atoms with van der Waals surface area (Å²) in [6.07, 6.45) is 9.22. The minimum Gasteiger partial charge on any atom is -0.382 e. The number of rotatable bonds is 6. The maximum atomic E-state index is 13.0. The van der Waals surface area contributed by atoms with Crippen LogP contribution in [0.15, 0.2) is 36.8 Å². The third kappa shape index (κ3) is 4.47. The number of hydrogen-bond acceptors (Lipinski definition) is 6. The zero-order chi connectivity index (χ0) is 22.7. The predicted molar refractivity (Wildman–Crippen MR) is 122 cm³/mol. The highest BCUT2D eigenvalue weighted by Crippen LogP contribution is 2.25. The number of nitriles is 1. The van der Waals surface area contributed by atoms with E-state index in [1.807, 2.05) is 36.7 Å². The van der Waals surface area contributed by atoms with Crippen molar-refractivity contribution in [1.29, 1.82) is 5.26 Å². The molecule has 0 aliphatic heterocycles. The maximum Gasteiger partial charge on any atom is 0.255 e. The molecule has 0 spiro atoms. The third-order valence-electron chi connectivity index (χ3n) is 5.78. The van der Waals surface area contributed by atoms with Gasteiger partial charge in [0.05, 0.1) is 16.8 Å². The molecule has 8 nitrogen and oxygen atoms in total. The van der Waals surface area contributed by atoms with Crippen LogP contribution in [-0.2, 0) is 4.79 Å². The molecule has 1 saturated carbocycles. The molecule has 1 aliphatic rings. The number of amides is 1. The fourth-order valence-corrected chi connectivity index (χ4v) is 4.12. The van der Waals surface area contributed by atoms with E-state index in [0.29, 0.717) is 28.3 Å². The second kappa shape index (κ2) is 9.18. The van der Waals surface area contributed by atoms with Crippen molar-refractivity contribution in [2.45, 2.75) is 51.6 Å². The van der Waals surface area contributed by atoms with Crippen LogP contribution in [0, 0.1) is 17.2 Å². The molecule has 3 aromatic heterocycles. The van der Waals surface area contributed by atoms with Gasteiger partial charge in [-0.05, 0) is 51.7 Å². The minimum atomic E-state index is -0.170. The lowest BCUT2D eigenvalue weighted by molar-refractivity contribution is -0.111. The number of nitrogens with one attached hydrogen (secondary N) is 2. The molecule has 1 aliphatic carbocycles. The van der Waals surface area contributed by atoms with Crippen LogP contribution >= 0.6 is 0 Å². The number of nitrogens with zero attached hydrogens (tertiary/aromatic N) is 4. The Labute approximate surface area is 186 Å². The van der Waals surface area contributed by atoms with Crippen molar-refractivity contribution < 1.29 is 9.59 Å². The molecule has 164 valence electrons. The van der Waals surface area contributed by atoms with E-state index in [-0.39, 0.29) is 23.9 Å². The van der Waals surface area contributed by atoms with Gasteiger partial charge in [-0.3, -0.25) is 9.36 Å². The van der Waals surface area contributed by atoms with Crippen LogP contribution < -0.4 is 10.6 Å². The van der Waals surface area contributed by atoms with Crippen molar-refractivity contribution in [3.8, 4) is 11.9 Å². The SMILES string of the molecule is CC(C)Nc1cc(-n2ccc3cc(C#N)cnc32)ncc1C(=O)NC1CCC(C=O)CC1. The van der Waals surface area contributed by atoms with Gasteiger partial charge in [0, 0.05) is 48.0 Å². The van der Waals surface area contributed by atoms with E-state index in [0.717, 1.165) is 37.4 Å². The van der Waals surface area contributed by atoms with Crippen molar-refractivity contribution in [3.63, 3.8) is 0 Å². The second-order valence-corrected chi connectivity index (χ2v) is 8.54. The van der Waals surface area contributed by atoms with Crippen LogP contribution in [0.2, 0.25) is 0 Å². The molecule has 1 amide bonds. The minimum absolute atomic E-state index is 0.0669. The average molecular weight is 431 g/mol. The molecule has 0 atom stereocenters. The zero-order valence-corrected chi connectivity index (χ0v) is 18.2. The summed E-state index contributed by atoms with van der Waals surface area (Å²) >= 11 is 0. The monoisotopic (exact) mass is 430 g/mol. The molecular weight excluding hydrogens is 404 g/mol. The van der Waals surface area contributed by atoms with Crippen molar-refractivity contribution in [2.75, 3.05) is 5.32 Å². The summed E-state index contributed by atoms with van der Waals surface area (Å²) in [5.41, 5.74) is 2.37. The van der Waals surface area contributed by atoms with Crippen LogP contribution in [0.5, 0.6) is 0 Å². The Bertz CT molecular complexity index is 1180. The van der Waals surface area contributed by atoms with Gasteiger partial charge in [-0.15, -0.1) is 0 Å². The van der Waals surface area contributed by atoms with Crippen LogP contribution in [0.4, 0.5) is 5.69 Å². The van der Waals surface area contributed by atoms with E-state index < -0.39 is 0 Å². The van der Waals surface area contributed by atoms with Crippen molar-refractivity contribution in [1.82, 2.24) is 19.9 Å². The van der Waals surface area contributed by atoms with Gasteiger partial charge in [0.25, 0.3) is 5.91 Å². The molecule has 3 aromatic rings. The molecule has 0 saturated heterocycles. The Morgan fingerprint density at radius 1 is 1.22 bits per heavy atom. The quantitative estimate of drug-likeness (QED) is 0.578. The molecule has 32 heavy (non-hydrogen) atoms. The number of carbonyl (C=O) groups excluding carboxylic acids is 2. The predicted octanol–water partition coefficient (Wildman–Crippen LogP) is 3.60. The molecule has 0 bridgehead atoms. The second-order valence-electron chi connectivity index (χ2n) is 8.54.